The van der Waals surface area contributed by atoms with Crippen molar-refractivity contribution in [3.63, 3.8) is 0 Å². The summed E-state index contributed by atoms with van der Waals surface area (Å²) in [6.07, 6.45) is 3.47. The van der Waals surface area contributed by atoms with Crippen LogP contribution in [0.2, 0.25) is 0 Å². The van der Waals surface area contributed by atoms with Gasteiger partial charge in [-0.15, -0.1) is 0 Å². The number of nitrogens with one attached hydrogen (secondary N) is 2. The van der Waals surface area contributed by atoms with Crippen LogP contribution in [0.3, 0.4) is 0 Å². The molecule has 2 rings (SSSR count). The molecular formula is C12H20N4O2S. The molecule has 0 radical (unpaired) electrons. The lowest BCUT2D eigenvalue weighted by molar-refractivity contribution is 0.518. The van der Waals surface area contributed by atoms with E-state index in [4.69, 9.17) is 5.14 Å². The number of hydrogen-bond donors (Lipinski definition) is 3. The summed E-state index contributed by atoms with van der Waals surface area (Å²) in [5, 5.41) is 11.4. The predicted molar refractivity (Wildman–Crippen MR) is 74.3 cm³/mol. The van der Waals surface area contributed by atoms with Gasteiger partial charge in [-0.1, -0.05) is 6.07 Å². The molecule has 1 aliphatic rings. The maximum Gasteiger partial charge on any atom is 0.255 e. The molecule has 1 fully saturated rings. The molecule has 1 aromatic rings. The SMILES string of the molecule is NS(=O)(=O)c1cccc(NCCCC2CCNC2)n1. The Kier molecular flexibility index (Phi) is 4.73. The molecule has 0 spiro atoms. The van der Waals surface area contributed by atoms with Crippen LogP contribution in [0.4, 0.5) is 5.82 Å². The topological polar surface area (TPSA) is 97.1 Å². The zero-order chi connectivity index (χ0) is 13.7. The van der Waals surface area contributed by atoms with E-state index in [1.54, 1.807) is 12.1 Å². The van der Waals surface area contributed by atoms with Crippen molar-refractivity contribution in [2.45, 2.75) is 24.3 Å². The Hall–Kier alpha value is -1.18. The standard InChI is InChI=1S/C12H20N4O2S/c13-19(17,18)12-5-1-4-11(16-12)15-7-2-3-10-6-8-14-9-10/h1,4-5,10,14H,2-3,6-9H2,(H,15,16)(H2,13,17,18). The van der Waals surface area contributed by atoms with Gasteiger partial charge >= 0.3 is 0 Å². The number of sulfonamides is 1. The van der Waals surface area contributed by atoms with Crippen molar-refractivity contribution >= 4 is 15.8 Å². The van der Waals surface area contributed by atoms with Crippen LogP contribution in [0.5, 0.6) is 0 Å². The molecular weight excluding hydrogens is 264 g/mol. The molecule has 0 aliphatic carbocycles. The summed E-state index contributed by atoms with van der Waals surface area (Å²) in [7, 11) is -3.73. The highest BCUT2D eigenvalue weighted by Gasteiger charge is 2.13. The van der Waals surface area contributed by atoms with Crippen molar-refractivity contribution in [1.82, 2.24) is 10.3 Å². The van der Waals surface area contributed by atoms with Gasteiger partial charge in [0.05, 0.1) is 0 Å². The Morgan fingerprint density at radius 2 is 2.32 bits per heavy atom. The first kappa shape index (κ1) is 14.2. The minimum absolute atomic E-state index is 0.0995. The summed E-state index contributed by atoms with van der Waals surface area (Å²) < 4.78 is 22.3. The largest absolute Gasteiger partial charge is 0.370 e. The first-order valence-corrected chi connectivity index (χ1v) is 8.05. The smallest absolute Gasteiger partial charge is 0.255 e. The summed E-state index contributed by atoms with van der Waals surface area (Å²) in [4.78, 5) is 3.98. The first-order chi connectivity index (χ1) is 9.05. The minimum atomic E-state index is -3.73. The van der Waals surface area contributed by atoms with Crippen LogP contribution in [0, 0.1) is 5.92 Å². The molecule has 106 valence electrons. The fourth-order valence-corrected chi connectivity index (χ4v) is 2.73. The second kappa shape index (κ2) is 6.31. The van der Waals surface area contributed by atoms with E-state index in [1.807, 2.05) is 0 Å². The maximum absolute atomic E-state index is 11.2. The second-order valence-electron chi connectivity index (χ2n) is 4.83. The van der Waals surface area contributed by atoms with E-state index < -0.39 is 10.0 Å². The van der Waals surface area contributed by atoms with Gasteiger partial charge in [0.25, 0.3) is 10.0 Å². The summed E-state index contributed by atoms with van der Waals surface area (Å²) in [6, 6.07) is 4.77. The molecule has 6 nitrogen and oxygen atoms in total. The van der Waals surface area contributed by atoms with Crippen LogP contribution >= 0.6 is 0 Å². The Morgan fingerprint density at radius 1 is 1.47 bits per heavy atom. The molecule has 0 saturated carbocycles. The van der Waals surface area contributed by atoms with E-state index in [9.17, 15) is 8.42 Å². The maximum atomic E-state index is 11.2. The average Bonchev–Trinajstić information content (AvgIpc) is 2.87. The molecule has 0 bridgehead atoms. The Bertz CT molecular complexity index is 512. The van der Waals surface area contributed by atoms with E-state index in [-0.39, 0.29) is 5.03 Å². The number of nitrogens with zero attached hydrogens (tertiary/aromatic N) is 1. The number of aromatic nitrogens is 1. The Balaban J connectivity index is 1.79. The number of primary sulfonamides is 1. The molecule has 4 N–H and O–H groups in total. The molecule has 0 amide bonds. The van der Waals surface area contributed by atoms with Gasteiger partial charge < -0.3 is 10.6 Å². The van der Waals surface area contributed by atoms with Gasteiger partial charge in [-0.2, -0.15) is 0 Å². The fraction of sp³-hybridized carbons (Fsp3) is 0.583. The zero-order valence-corrected chi connectivity index (χ0v) is 11.6. The predicted octanol–water partition coefficient (Wildman–Crippen LogP) is 0.531. The number of anilines is 1. The van der Waals surface area contributed by atoms with E-state index in [0.29, 0.717) is 5.82 Å². The van der Waals surface area contributed by atoms with Crippen molar-refractivity contribution in [3.05, 3.63) is 18.2 Å². The third-order valence-electron chi connectivity index (χ3n) is 3.27. The lowest BCUT2D eigenvalue weighted by Gasteiger charge is -2.09. The first-order valence-electron chi connectivity index (χ1n) is 6.50. The van der Waals surface area contributed by atoms with Gasteiger partial charge in [0.1, 0.15) is 5.82 Å². The van der Waals surface area contributed by atoms with Gasteiger partial charge in [-0.05, 0) is 50.4 Å². The number of pyridine rings is 1. The molecule has 7 heteroatoms. The second-order valence-corrected chi connectivity index (χ2v) is 6.34. The molecule has 1 aromatic heterocycles. The summed E-state index contributed by atoms with van der Waals surface area (Å²) in [5.74, 6) is 1.32. The molecule has 19 heavy (non-hydrogen) atoms. The van der Waals surface area contributed by atoms with E-state index in [2.05, 4.69) is 15.6 Å². The van der Waals surface area contributed by atoms with E-state index >= 15 is 0 Å². The summed E-state index contributed by atoms with van der Waals surface area (Å²) >= 11 is 0. The summed E-state index contributed by atoms with van der Waals surface area (Å²) in [5.41, 5.74) is 0. The van der Waals surface area contributed by atoms with Crippen LogP contribution in [-0.4, -0.2) is 33.0 Å². The number of hydrogen-bond acceptors (Lipinski definition) is 5. The van der Waals surface area contributed by atoms with Gasteiger partial charge in [-0.25, -0.2) is 18.5 Å². The third kappa shape index (κ3) is 4.45. The monoisotopic (exact) mass is 284 g/mol. The van der Waals surface area contributed by atoms with Crippen LogP contribution in [0.15, 0.2) is 23.2 Å². The minimum Gasteiger partial charge on any atom is -0.370 e. The van der Waals surface area contributed by atoms with Crippen LogP contribution in [0.25, 0.3) is 0 Å². The summed E-state index contributed by atoms with van der Waals surface area (Å²) in [6.45, 7) is 3.02. The Morgan fingerprint density at radius 3 is 3.00 bits per heavy atom. The van der Waals surface area contributed by atoms with Gasteiger partial charge in [0.15, 0.2) is 5.03 Å². The average molecular weight is 284 g/mol. The highest BCUT2D eigenvalue weighted by Crippen LogP contribution is 2.14. The van der Waals surface area contributed by atoms with Crippen LogP contribution in [0.1, 0.15) is 19.3 Å². The molecule has 1 saturated heterocycles. The molecule has 1 unspecified atom stereocenters. The molecule has 1 atom stereocenters. The van der Waals surface area contributed by atoms with Crippen LogP contribution in [-0.2, 0) is 10.0 Å². The molecule has 1 aliphatic heterocycles. The van der Waals surface area contributed by atoms with Gasteiger partial charge in [-0.3, -0.25) is 0 Å². The van der Waals surface area contributed by atoms with Crippen LogP contribution < -0.4 is 15.8 Å². The van der Waals surface area contributed by atoms with E-state index in [0.717, 1.165) is 32.0 Å². The fourth-order valence-electron chi connectivity index (χ4n) is 2.24. The number of nitrogens with two attached hydrogens (primary N) is 1. The quantitative estimate of drug-likeness (QED) is 0.662. The Labute approximate surface area is 113 Å². The lowest BCUT2D eigenvalue weighted by atomic mass is 10.0. The lowest BCUT2D eigenvalue weighted by Crippen LogP contribution is -2.15. The highest BCUT2D eigenvalue weighted by atomic mass is 32.2. The van der Waals surface area contributed by atoms with Crippen molar-refractivity contribution in [2.24, 2.45) is 11.1 Å². The molecule has 0 aromatic carbocycles. The van der Waals surface area contributed by atoms with Gasteiger partial charge in [0, 0.05) is 6.54 Å². The normalized spacial score (nSPS) is 19.5. The zero-order valence-electron chi connectivity index (χ0n) is 10.8. The van der Waals surface area contributed by atoms with Crippen molar-refractivity contribution in [3.8, 4) is 0 Å². The van der Waals surface area contributed by atoms with Crippen molar-refractivity contribution < 1.29 is 8.42 Å². The van der Waals surface area contributed by atoms with Crippen molar-refractivity contribution in [2.75, 3.05) is 25.0 Å². The number of rotatable bonds is 6. The third-order valence-corrected chi connectivity index (χ3v) is 4.08. The highest BCUT2D eigenvalue weighted by molar-refractivity contribution is 7.89. The van der Waals surface area contributed by atoms with Crippen molar-refractivity contribution in [1.29, 1.82) is 0 Å². The van der Waals surface area contributed by atoms with Gasteiger partial charge in [0.2, 0.25) is 0 Å². The molecule has 2 heterocycles. The van der Waals surface area contributed by atoms with E-state index in [1.165, 1.54) is 18.9 Å².